The lowest BCUT2D eigenvalue weighted by molar-refractivity contribution is -0.118. The summed E-state index contributed by atoms with van der Waals surface area (Å²) in [7, 11) is 0. The molecule has 1 aromatic heterocycles. The van der Waals surface area contributed by atoms with Crippen LogP contribution in [0.25, 0.3) is 0 Å². The van der Waals surface area contributed by atoms with Gasteiger partial charge in [-0.25, -0.2) is 4.98 Å². The van der Waals surface area contributed by atoms with E-state index in [0.717, 1.165) is 11.4 Å². The molecule has 0 radical (unpaired) electrons. The molecule has 0 aliphatic carbocycles. The van der Waals surface area contributed by atoms with E-state index < -0.39 is 0 Å². The fourth-order valence-corrected chi connectivity index (χ4v) is 1.89. The molecule has 1 heterocycles. The molecule has 0 saturated heterocycles. The quantitative estimate of drug-likeness (QED) is 0.838. The Morgan fingerprint density at radius 2 is 1.83 bits per heavy atom. The number of nitrogens with zero attached hydrogens (tertiary/aromatic N) is 1. The summed E-state index contributed by atoms with van der Waals surface area (Å²) in [6.45, 7) is 7.68. The maximum atomic E-state index is 11.7. The average Bonchev–Trinajstić information content (AvgIpc) is 2.50. The summed E-state index contributed by atoms with van der Waals surface area (Å²) in [5.41, 5.74) is 1.54. The molecule has 0 atom stereocenters. The number of carbonyl (C=O) groups is 1. The van der Waals surface area contributed by atoms with E-state index in [4.69, 9.17) is 4.74 Å². The van der Waals surface area contributed by atoms with Crippen molar-refractivity contribution in [1.29, 1.82) is 0 Å². The lowest BCUT2D eigenvalue weighted by Crippen LogP contribution is -2.17. The minimum Gasteiger partial charge on any atom is -0.489 e. The first-order valence-corrected chi connectivity index (χ1v) is 7.75. The zero-order chi connectivity index (χ0) is 16.8. The van der Waals surface area contributed by atoms with E-state index in [-0.39, 0.29) is 17.9 Å². The Kier molecular flexibility index (Phi) is 5.57. The van der Waals surface area contributed by atoms with Gasteiger partial charge in [0.25, 0.3) is 0 Å². The van der Waals surface area contributed by atoms with Crippen LogP contribution in [0.2, 0.25) is 0 Å². The summed E-state index contributed by atoms with van der Waals surface area (Å²) >= 11 is 0. The van der Waals surface area contributed by atoms with Crippen molar-refractivity contribution >= 4 is 23.1 Å². The van der Waals surface area contributed by atoms with Gasteiger partial charge in [0.1, 0.15) is 11.6 Å². The maximum absolute atomic E-state index is 11.7. The summed E-state index contributed by atoms with van der Waals surface area (Å²) < 4.78 is 5.77. The van der Waals surface area contributed by atoms with Gasteiger partial charge < -0.3 is 15.4 Å². The second-order valence-corrected chi connectivity index (χ2v) is 5.86. The molecule has 0 aliphatic rings. The molecule has 0 aliphatic heterocycles. The third kappa shape index (κ3) is 4.98. The van der Waals surface area contributed by atoms with Crippen molar-refractivity contribution < 1.29 is 9.53 Å². The number of para-hydroxylation sites is 2. The van der Waals surface area contributed by atoms with Crippen molar-refractivity contribution in [3.8, 4) is 5.75 Å². The topological polar surface area (TPSA) is 63.2 Å². The van der Waals surface area contributed by atoms with Crippen molar-refractivity contribution in [3.63, 3.8) is 0 Å². The number of hydrogen-bond acceptors (Lipinski definition) is 4. The van der Waals surface area contributed by atoms with Crippen LogP contribution in [0.5, 0.6) is 5.75 Å². The lowest BCUT2D eigenvalue weighted by atomic mass is 10.2. The first-order chi connectivity index (χ1) is 11.0. The van der Waals surface area contributed by atoms with Crippen molar-refractivity contribution in [2.24, 2.45) is 5.92 Å². The highest BCUT2D eigenvalue weighted by Crippen LogP contribution is 2.27. The van der Waals surface area contributed by atoms with Gasteiger partial charge in [0.05, 0.1) is 23.7 Å². The molecular formula is C18H23N3O2. The second kappa shape index (κ2) is 7.63. The molecule has 0 saturated carbocycles. The molecule has 1 aromatic carbocycles. The molecule has 23 heavy (non-hydrogen) atoms. The normalized spacial score (nSPS) is 10.7. The lowest BCUT2D eigenvalue weighted by Gasteiger charge is -2.15. The largest absolute Gasteiger partial charge is 0.489 e. The van der Waals surface area contributed by atoms with Crippen LogP contribution < -0.4 is 15.4 Å². The van der Waals surface area contributed by atoms with E-state index in [9.17, 15) is 4.79 Å². The van der Waals surface area contributed by atoms with Gasteiger partial charge in [0.15, 0.2) is 0 Å². The summed E-state index contributed by atoms with van der Waals surface area (Å²) in [6, 6.07) is 11.4. The molecule has 122 valence electrons. The summed E-state index contributed by atoms with van der Waals surface area (Å²) in [5.74, 6) is 1.38. The predicted molar refractivity (Wildman–Crippen MR) is 93.2 cm³/mol. The predicted octanol–water partition coefficient (Wildman–Crippen LogP) is 4.21. The standard InChI is InChI=1S/C18H23N3O2/c1-12(2)18(22)20-14-9-10-17(19-11-14)21-15-7-5-6-8-16(15)23-13(3)4/h5-13H,1-4H3,(H,19,21)(H,20,22). The Morgan fingerprint density at radius 3 is 2.43 bits per heavy atom. The van der Waals surface area contributed by atoms with E-state index in [1.54, 1.807) is 6.20 Å². The van der Waals surface area contributed by atoms with Crippen LogP contribution in [-0.4, -0.2) is 17.0 Å². The van der Waals surface area contributed by atoms with Crippen LogP contribution in [0.15, 0.2) is 42.6 Å². The van der Waals surface area contributed by atoms with Crippen LogP contribution >= 0.6 is 0 Å². The number of pyridine rings is 1. The fourth-order valence-electron chi connectivity index (χ4n) is 1.89. The smallest absolute Gasteiger partial charge is 0.226 e. The highest BCUT2D eigenvalue weighted by molar-refractivity contribution is 5.92. The second-order valence-electron chi connectivity index (χ2n) is 5.86. The zero-order valence-corrected chi connectivity index (χ0v) is 14.0. The molecule has 2 rings (SSSR count). The Morgan fingerprint density at radius 1 is 1.09 bits per heavy atom. The highest BCUT2D eigenvalue weighted by atomic mass is 16.5. The number of amides is 1. The van der Waals surface area contributed by atoms with Gasteiger partial charge in [-0.3, -0.25) is 4.79 Å². The van der Waals surface area contributed by atoms with Crippen LogP contribution in [0, 0.1) is 5.92 Å². The summed E-state index contributed by atoms with van der Waals surface area (Å²) in [5, 5.41) is 6.05. The Labute approximate surface area is 137 Å². The van der Waals surface area contributed by atoms with E-state index >= 15 is 0 Å². The molecule has 0 spiro atoms. The van der Waals surface area contributed by atoms with Crippen LogP contribution in [0.4, 0.5) is 17.2 Å². The van der Waals surface area contributed by atoms with Gasteiger partial charge in [0, 0.05) is 5.92 Å². The first kappa shape index (κ1) is 16.8. The molecule has 0 unspecified atom stereocenters. The summed E-state index contributed by atoms with van der Waals surface area (Å²) in [6.07, 6.45) is 1.73. The molecular weight excluding hydrogens is 290 g/mol. The number of hydrogen-bond donors (Lipinski definition) is 2. The number of rotatable bonds is 6. The number of carbonyl (C=O) groups excluding carboxylic acids is 1. The molecule has 0 fully saturated rings. The van der Waals surface area contributed by atoms with Crippen LogP contribution in [-0.2, 0) is 4.79 Å². The van der Waals surface area contributed by atoms with Crippen molar-refractivity contribution in [2.75, 3.05) is 10.6 Å². The van der Waals surface area contributed by atoms with E-state index in [1.807, 2.05) is 64.1 Å². The number of aromatic nitrogens is 1. The summed E-state index contributed by atoms with van der Waals surface area (Å²) in [4.78, 5) is 16.0. The van der Waals surface area contributed by atoms with Gasteiger partial charge in [0.2, 0.25) is 5.91 Å². The van der Waals surface area contributed by atoms with E-state index in [1.165, 1.54) is 0 Å². The Balaban J connectivity index is 2.08. The van der Waals surface area contributed by atoms with Gasteiger partial charge in [-0.15, -0.1) is 0 Å². The number of nitrogens with one attached hydrogen (secondary N) is 2. The number of ether oxygens (including phenoxy) is 1. The van der Waals surface area contributed by atoms with Gasteiger partial charge in [-0.1, -0.05) is 26.0 Å². The molecule has 5 nitrogen and oxygen atoms in total. The molecule has 2 N–H and O–H groups in total. The minimum atomic E-state index is -0.0622. The fraction of sp³-hybridized carbons (Fsp3) is 0.333. The molecule has 2 aromatic rings. The molecule has 1 amide bonds. The maximum Gasteiger partial charge on any atom is 0.226 e. The minimum absolute atomic E-state index is 0.0248. The van der Waals surface area contributed by atoms with Crippen molar-refractivity contribution in [1.82, 2.24) is 4.98 Å². The average molecular weight is 313 g/mol. The van der Waals surface area contributed by atoms with Gasteiger partial charge >= 0.3 is 0 Å². The van der Waals surface area contributed by atoms with Crippen LogP contribution in [0.1, 0.15) is 27.7 Å². The monoisotopic (exact) mass is 313 g/mol. The number of anilines is 3. The molecule has 5 heteroatoms. The Hall–Kier alpha value is -2.56. The van der Waals surface area contributed by atoms with Gasteiger partial charge in [-0.05, 0) is 38.1 Å². The Bertz CT molecular complexity index is 652. The SMILES string of the molecule is CC(C)Oc1ccccc1Nc1ccc(NC(=O)C(C)C)cn1. The van der Waals surface area contributed by atoms with Crippen LogP contribution in [0.3, 0.4) is 0 Å². The third-order valence-corrected chi connectivity index (χ3v) is 3.07. The third-order valence-electron chi connectivity index (χ3n) is 3.07. The van der Waals surface area contributed by atoms with Crippen molar-refractivity contribution in [3.05, 3.63) is 42.6 Å². The molecule has 0 bridgehead atoms. The zero-order valence-electron chi connectivity index (χ0n) is 14.0. The van der Waals surface area contributed by atoms with Gasteiger partial charge in [-0.2, -0.15) is 0 Å². The highest BCUT2D eigenvalue weighted by Gasteiger charge is 2.08. The van der Waals surface area contributed by atoms with Crippen molar-refractivity contribution in [2.45, 2.75) is 33.8 Å². The van der Waals surface area contributed by atoms with E-state index in [0.29, 0.717) is 11.5 Å². The first-order valence-electron chi connectivity index (χ1n) is 7.75. The van der Waals surface area contributed by atoms with E-state index in [2.05, 4.69) is 15.6 Å². The number of benzene rings is 1.